The van der Waals surface area contributed by atoms with E-state index >= 15 is 0 Å². The first-order valence-electron chi connectivity index (χ1n) is 8.08. The number of primary amides is 1. The second kappa shape index (κ2) is 7.87. The highest BCUT2D eigenvalue weighted by atomic mass is 16.5. The molecule has 2 amide bonds. The van der Waals surface area contributed by atoms with Crippen molar-refractivity contribution in [3.8, 4) is 11.5 Å². The van der Waals surface area contributed by atoms with E-state index in [-0.39, 0.29) is 31.4 Å². The fourth-order valence-corrected chi connectivity index (χ4v) is 2.61. The number of nitrogens with zero attached hydrogens (tertiary/aromatic N) is 2. The number of ether oxygens (including phenoxy) is 3. The van der Waals surface area contributed by atoms with E-state index in [1.165, 1.54) is 4.90 Å². The summed E-state index contributed by atoms with van der Waals surface area (Å²) >= 11 is 0. The number of aromatic amines is 1. The molecule has 1 atom stereocenters. The van der Waals surface area contributed by atoms with Crippen molar-refractivity contribution in [3.63, 3.8) is 0 Å². The molecule has 1 aromatic carbocycles. The summed E-state index contributed by atoms with van der Waals surface area (Å²) < 4.78 is 16.2. The molecule has 0 aliphatic carbocycles. The fourth-order valence-electron chi connectivity index (χ4n) is 2.61. The van der Waals surface area contributed by atoms with Crippen LogP contribution in [0.15, 0.2) is 30.3 Å². The molecule has 1 aromatic heterocycles. The largest absolute Gasteiger partial charge is 0.493 e. The lowest BCUT2D eigenvalue weighted by Gasteiger charge is -2.30. The summed E-state index contributed by atoms with van der Waals surface area (Å²) in [7, 11) is 1.57. The van der Waals surface area contributed by atoms with Crippen LogP contribution in [0.5, 0.6) is 11.5 Å². The van der Waals surface area contributed by atoms with Crippen LogP contribution in [0.2, 0.25) is 0 Å². The van der Waals surface area contributed by atoms with Crippen LogP contribution in [-0.4, -0.2) is 59.8 Å². The van der Waals surface area contributed by atoms with Gasteiger partial charge in [-0.2, -0.15) is 5.10 Å². The third kappa shape index (κ3) is 3.94. The number of methoxy groups -OCH3 is 1. The molecule has 2 heterocycles. The van der Waals surface area contributed by atoms with E-state index in [0.717, 1.165) is 0 Å². The lowest BCUT2D eigenvalue weighted by atomic mass is 10.2. The molecule has 0 bridgehead atoms. The van der Waals surface area contributed by atoms with Crippen molar-refractivity contribution >= 4 is 11.8 Å². The third-order valence-corrected chi connectivity index (χ3v) is 3.97. The maximum Gasteiger partial charge on any atom is 0.274 e. The molecule has 26 heavy (non-hydrogen) atoms. The zero-order valence-corrected chi connectivity index (χ0v) is 14.3. The highest BCUT2D eigenvalue weighted by Gasteiger charge is 2.29. The van der Waals surface area contributed by atoms with Gasteiger partial charge in [0.25, 0.3) is 5.91 Å². The highest BCUT2D eigenvalue weighted by Crippen LogP contribution is 2.26. The van der Waals surface area contributed by atoms with Gasteiger partial charge in [0.15, 0.2) is 23.3 Å². The number of para-hydroxylation sites is 2. The van der Waals surface area contributed by atoms with Crippen molar-refractivity contribution in [1.82, 2.24) is 15.1 Å². The minimum absolute atomic E-state index is 0.119. The van der Waals surface area contributed by atoms with E-state index < -0.39 is 12.0 Å². The Kier molecular flexibility index (Phi) is 5.37. The van der Waals surface area contributed by atoms with Gasteiger partial charge >= 0.3 is 0 Å². The van der Waals surface area contributed by atoms with Crippen LogP contribution in [0.1, 0.15) is 16.2 Å². The topological polar surface area (TPSA) is 120 Å². The van der Waals surface area contributed by atoms with Crippen LogP contribution < -0.4 is 15.2 Å². The number of aromatic nitrogens is 2. The van der Waals surface area contributed by atoms with Gasteiger partial charge in [0.05, 0.1) is 26.0 Å². The maximum atomic E-state index is 12.5. The van der Waals surface area contributed by atoms with Crippen molar-refractivity contribution in [2.75, 3.05) is 26.8 Å². The molecule has 2 aromatic rings. The van der Waals surface area contributed by atoms with Gasteiger partial charge in [-0.15, -0.1) is 0 Å². The Labute approximate surface area is 150 Å². The Morgan fingerprint density at radius 3 is 2.88 bits per heavy atom. The Bertz CT molecular complexity index is 791. The molecule has 1 aliphatic heterocycles. The summed E-state index contributed by atoms with van der Waals surface area (Å²) in [6.07, 6.45) is -0.792. The first-order valence-corrected chi connectivity index (χ1v) is 8.08. The summed E-state index contributed by atoms with van der Waals surface area (Å²) in [6.45, 7) is 0.956. The normalized spacial score (nSPS) is 17.0. The van der Waals surface area contributed by atoms with E-state index in [1.54, 1.807) is 25.3 Å². The summed E-state index contributed by atoms with van der Waals surface area (Å²) in [6, 6.07) is 8.89. The first-order chi connectivity index (χ1) is 12.6. The Morgan fingerprint density at radius 2 is 2.15 bits per heavy atom. The Morgan fingerprint density at radius 1 is 1.38 bits per heavy atom. The van der Waals surface area contributed by atoms with Crippen LogP contribution in [-0.2, 0) is 16.1 Å². The number of carbonyl (C=O) groups excluding carboxylic acids is 2. The van der Waals surface area contributed by atoms with E-state index in [2.05, 4.69) is 10.2 Å². The summed E-state index contributed by atoms with van der Waals surface area (Å²) in [4.78, 5) is 25.3. The van der Waals surface area contributed by atoms with Crippen molar-refractivity contribution in [1.29, 1.82) is 0 Å². The monoisotopic (exact) mass is 360 g/mol. The minimum atomic E-state index is -0.792. The molecule has 1 saturated heterocycles. The van der Waals surface area contributed by atoms with Gasteiger partial charge < -0.3 is 24.8 Å². The molecule has 9 nitrogen and oxygen atoms in total. The van der Waals surface area contributed by atoms with E-state index in [0.29, 0.717) is 23.7 Å². The smallest absolute Gasteiger partial charge is 0.274 e. The molecular formula is C17H20N4O5. The lowest BCUT2D eigenvalue weighted by molar-refractivity contribution is -0.133. The first kappa shape index (κ1) is 17.7. The second-order valence-corrected chi connectivity index (χ2v) is 5.73. The molecule has 138 valence electrons. The molecular weight excluding hydrogens is 340 g/mol. The minimum Gasteiger partial charge on any atom is -0.493 e. The fraction of sp³-hybridized carbons (Fsp3) is 0.353. The Balaban J connectivity index is 1.62. The number of benzene rings is 1. The van der Waals surface area contributed by atoms with Crippen LogP contribution >= 0.6 is 0 Å². The van der Waals surface area contributed by atoms with Crippen molar-refractivity contribution in [3.05, 3.63) is 41.7 Å². The van der Waals surface area contributed by atoms with Crippen LogP contribution in [0.25, 0.3) is 0 Å². The van der Waals surface area contributed by atoms with Crippen molar-refractivity contribution < 1.29 is 23.8 Å². The number of H-pyrrole nitrogens is 1. The molecule has 0 spiro atoms. The second-order valence-electron chi connectivity index (χ2n) is 5.73. The highest BCUT2D eigenvalue weighted by molar-refractivity contribution is 5.93. The number of nitrogens with one attached hydrogen (secondary N) is 1. The standard InChI is InChI=1S/C17H20N4O5/c1-24-13-4-2-3-5-14(13)26-10-11-8-12(20-19-11)17(23)21-6-7-25-15(9-21)16(18)22/h2-5,8,15H,6-7,9-10H2,1H3,(H2,18,22)(H,19,20). The number of morpholine rings is 1. The van der Waals surface area contributed by atoms with Gasteiger partial charge in [-0.1, -0.05) is 12.1 Å². The SMILES string of the molecule is COc1ccccc1OCc1cc(C(=O)N2CCOC(C(N)=O)C2)n[nH]1. The predicted molar refractivity (Wildman–Crippen MR) is 90.8 cm³/mol. The van der Waals surface area contributed by atoms with E-state index in [9.17, 15) is 9.59 Å². The molecule has 9 heteroatoms. The predicted octanol–water partition coefficient (Wildman–Crippen LogP) is 0.324. The molecule has 0 saturated carbocycles. The molecule has 1 fully saturated rings. The van der Waals surface area contributed by atoms with Gasteiger partial charge in [0.2, 0.25) is 5.91 Å². The maximum absolute atomic E-state index is 12.5. The van der Waals surface area contributed by atoms with Crippen LogP contribution in [0, 0.1) is 0 Å². The molecule has 3 rings (SSSR count). The number of nitrogens with two attached hydrogens (primary N) is 1. The molecule has 1 unspecified atom stereocenters. The number of amides is 2. The van der Waals surface area contributed by atoms with E-state index in [4.69, 9.17) is 19.9 Å². The van der Waals surface area contributed by atoms with Gasteiger partial charge in [0, 0.05) is 6.54 Å². The third-order valence-electron chi connectivity index (χ3n) is 3.97. The molecule has 3 N–H and O–H groups in total. The van der Waals surface area contributed by atoms with E-state index in [1.807, 2.05) is 12.1 Å². The zero-order valence-electron chi connectivity index (χ0n) is 14.3. The van der Waals surface area contributed by atoms with Crippen molar-refractivity contribution in [2.45, 2.75) is 12.7 Å². The average Bonchev–Trinajstić information content (AvgIpc) is 3.15. The number of carbonyl (C=O) groups is 2. The van der Waals surface area contributed by atoms with Crippen LogP contribution in [0.4, 0.5) is 0 Å². The summed E-state index contributed by atoms with van der Waals surface area (Å²) in [5.74, 6) is 0.332. The number of hydrogen-bond donors (Lipinski definition) is 2. The summed E-state index contributed by atoms with van der Waals surface area (Å²) in [5.41, 5.74) is 6.12. The number of hydrogen-bond acceptors (Lipinski definition) is 6. The number of rotatable bonds is 6. The summed E-state index contributed by atoms with van der Waals surface area (Å²) in [5, 5.41) is 6.81. The van der Waals surface area contributed by atoms with Gasteiger partial charge in [-0.3, -0.25) is 14.7 Å². The lowest BCUT2D eigenvalue weighted by Crippen LogP contribution is -2.50. The zero-order chi connectivity index (χ0) is 18.5. The quantitative estimate of drug-likeness (QED) is 0.766. The van der Waals surface area contributed by atoms with Gasteiger partial charge in [-0.25, -0.2) is 0 Å². The van der Waals surface area contributed by atoms with Gasteiger partial charge in [-0.05, 0) is 18.2 Å². The van der Waals surface area contributed by atoms with Crippen LogP contribution in [0.3, 0.4) is 0 Å². The van der Waals surface area contributed by atoms with Gasteiger partial charge in [0.1, 0.15) is 6.61 Å². The Hall–Kier alpha value is -3.07. The molecule has 1 aliphatic rings. The molecule has 0 radical (unpaired) electrons. The average molecular weight is 360 g/mol. The van der Waals surface area contributed by atoms with Crippen molar-refractivity contribution in [2.24, 2.45) is 5.73 Å².